The van der Waals surface area contributed by atoms with Crippen LogP contribution in [0.15, 0.2) is 0 Å². The molecule has 5 nitrogen and oxygen atoms in total. The lowest BCUT2D eigenvalue weighted by molar-refractivity contribution is -0.137. The zero-order chi connectivity index (χ0) is 12.8. The van der Waals surface area contributed by atoms with Crippen molar-refractivity contribution in [3.05, 3.63) is 0 Å². The number of hydrogen-bond donors (Lipinski definition) is 2. The molecule has 1 saturated heterocycles. The number of rotatable bonds is 6. The largest absolute Gasteiger partial charge is 0.368 e. The van der Waals surface area contributed by atoms with Gasteiger partial charge >= 0.3 is 0 Å². The molecule has 18 heavy (non-hydrogen) atoms. The van der Waals surface area contributed by atoms with Crippen molar-refractivity contribution in [3.63, 3.8) is 0 Å². The zero-order valence-electron chi connectivity index (χ0n) is 11.1. The molecule has 1 rings (SSSR count). The Balaban J connectivity index is 0.00000289. The van der Waals surface area contributed by atoms with Gasteiger partial charge in [0.25, 0.3) is 0 Å². The van der Waals surface area contributed by atoms with E-state index < -0.39 is 5.91 Å². The Labute approximate surface area is 115 Å². The summed E-state index contributed by atoms with van der Waals surface area (Å²) >= 11 is 0. The Morgan fingerprint density at radius 3 is 2.56 bits per heavy atom. The lowest BCUT2D eigenvalue weighted by atomic mass is 10.0. The molecule has 0 aliphatic carbocycles. The molecule has 1 heterocycles. The number of carbonyl (C=O) groups excluding carboxylic acids is 2. The van der Waals surface area contributed by atoms with Crippen LogP contribution in [0.1, 0.15) is 33.1 Å². The summed E-state index contributed by atoms with van der Waals surface area (Å²) in [4.78, 5) is 24.4. The van der Waals surface area contributed by atoms with Gasteiger partial charge in [-0.3, -0.25) is 9.59 Å². The SMILES string of the molecule is CC(C)N(CC(N)=O)C(=O)CCC1CCNC1.Cl. The van der Waals surface area contributed by atoms with Crippen molar-refractivity contribution in [2.45, 2.75) is 39.2 Å². The fourth-order valence-corrected chi connectivity index (χ4v) is 2.16. The molecule has 3 N–H and O–H groups in total. The van der Waals surface area contributed by atoms with Gasteiger partial charge < -0.3 is 16.0 Å². The second kappa shape index (κ2) is 8.32. The monoisotopic (exact) mass is 277 g/mol. The first-order valence-corrected chi connectivity index (χ1v) is 6.29. The Morgan fingerprint density at radius 2 is 2.11 bits per heavy atom. The molecular formula is C12H24ClN3O2. The Morgan fingerprint density at radius 1 is 1.44 bits per heavy atom. The maximum atomic E-state index is 12.0. The molecule has 1 fully saturated rings. The third kappa shape index (κ3) is 5.69. The maximum Gasteiger partial charge on any atom is 0.237 e. The standard InChI is InChI=1S/C12H23N3O2.ClH/c1-9(2)15(8-11(13)16)12(17)4-3-10-5-6-14-7-10;/h9-10,14H,3-8H2,1-2H3,(H2,13,16);1H. The van der Waals surface area contributed by atoms with Crippen LogP contribution in [0.25, 0.3) is 0 Å². The fraction of sp³-hybridized carbons (Fsp3) is 0.833. The molecule has 2 amide bonds. The van der Waals surface area contributed by atoms with E-state index >= 15 is 0 Å². The summed E-state index contributed by atoms with van der Waals surface area (Å²) in [6, 6.07) is 0.0247. The first kappa shape index (κ1) is 17.2. The third-order valence-electron chi connectivity index (χ3n) is 3.20. The summed E-state index contributed by atoms with van der Waals surface area (Å²) in [5, 5.41) is 3.28. The van der Waals surface area contributed by atoms with Crippen LogP contribution < -0.4 is 11.1 Å². The molecule has 0 spiro atoms. The van der Waals surface area contributed by atoms with Gasteiger partial charge in [-0.1, -0.05) is 0 Å². The van der Waals surface area contributed by atoms with Crippen LogP contribution in [0.4, 0.5) is 0 Å². The van der Waals surface area contributed by atoms with E-state index in [0.717, 1.165) is 25.9 Å². The Bertz CT molecular complexity index is 278. The van der Waals surface area contributed by atoms with E-state index in [-0.39, 0.29) is 30.9 Å². The van der Waals surface area contributed by atoms with Crippen LogP contribution in [0.5, 0.6) is 0 Å². The van der Waals surface area contributed by atoms with E-state index in [4.69, 9.17) is 5.73 Å². The number of amides is 2. The molecule has 6 heteroatoms. The van der Waals surface area contributed by atoms with E-state index in [9.17, 15) is 9.59 Å². The predicted octanol–water partition coefficient (Wildman–Crippen LogP) is 0.520. The first-order chi connectivity index (χ1) is 8.00. The third-order valence-corrected chi connectivity index (χ3v) is 3.20. The van der Waals surface area contributed by atoms with Crippen molar-refractivity contribution in [1.82, 2.24) is 10.2 Å². The van der Waals surface area contributed by atoms with Crippen molar-refractivity contribution in [1.29, 1.82) is 0 Å². The topological polar surface area (TPSA) is 75.4 Å². The van der Waals surface area contributed by atoms with E-state index in [1.807, 2.05) is 13.8 Å². The van der Waals surface area contributed by atoms with Crippen LogP contribution in [-0.2, 0) is 9.59 Å². The molecule has 1 aliphatic rings. The second-order valence-corrected chi connectivity index (χ2v) is 4.98. The smallest absolute Gasteiger partial charge is 0.237 e. The van der Waals surface area contributed by atoms with Crippen LogP contribution >= 0.6 is 12.4 Å². The summed E-state index contributed by atoms with van der Waals surface area (Å²) in [7, 11) is 0. The Hall–Kier alpha value is -0.810. The highest BCUT2D eigenvalue weighted by atomic mass is 35.5. The Kier molecular flexibility index (Phi) is 7.95. The highest BCUT2D eigenvalue weighted by Crippen LogP contribution is 2.15. The lowest BCUT2D eigenvalue weighted by Gasteiger charge is -2.25. The predicted molar refractivity (Wildman–Crippen MR) is 73.5 cm³/mol. The average molecular weight is 278 g/mol. The van der Waals surface area contributed by atoms with Crippen LogP contribution in [0, 0.1) is 5.92 Å². The molecule has 0 saturated carbocycles. The molecule has 1 aliphatic heterocycles. The number of primary amides is 1. The number of halogens is 1. The summed E-state index contributed by atoms with van der Waals surface area (Å²) in [5.41, 5.74) is 5.14. The first-order valence-electron chi connectivity index (χ1n) is 6.29. The van der Waals surface area contributed by atoms with Gasteiger partial charge in [-0.15, -0.1) is 12.4 Å². The minimum Gasteiger partial charge on any atom is -0.368 e. The molecule has 0 bridgehead atoms. The highest BCUT2D eigenvalue weighted by molar-refractivity contribution is 5.85. The van der Waals surface area contributed by atoms with Gasteiger partial charge in [0.15, 0.2) is 0 Å². The molecule has 0 aromatic rings. The number of nitrogens with one attached hydrogen (secondary N) is 1. The van der Waals surface area contributed by atoms with E-state index in [0.29, 0.717) is 12.3 Å². The summed E-state index contributed by atoms with van der Waals surface area (Å²) in [5.74, 6) is 0.182. The van der Waals surface area contributed by atoms with Gasteiger partial charge in [-0.2, -0.15) is 0 Å². The van der Waals surface area contributed by atoms with Crippen molar-refractivity contribution < 1.29 is 9.59 Å². The number of hydrogen-bond acceptors (Lipinski definition) is 3. The summed E-state index contributed by atoms with van der Waals surface area (Å²) in [6.07, 6.45) is 2.55. The van der Waals surface area contributed by atoms with Crippen molar-refractivity contribution in [2.75, 3.05) is 19.6 Å². The van der Waals surface area contributed by atoms with Crippen molar-refractivity contribution >= 4 is 24.2 Å². The number of carbonyl (C=O) groups is 2. The van der Waals surface area contributed by atoms with Crippen molar-refractivity contribution in [2.24, 2.45) is 11.7 Å². The quantitative estimate of drug-likeness (QED) is 0.743. The van der Waals surface area contributed by atoms with Gasteiger partial charge in [0.2, 0.25) is 11.8 Å². The van der Waals surface area contributed by atoms with Gasteiger partial charge in [0, 0.05) is 12.5 Å². The molecule has 106 valence electrons. The average Bonchev–Trinajstić information content (AvgIpc) is 2.74. The maximum absolute atomic E-state index is 12.0. The molecule has 0 radical (unpaired) electrons. The summed E-state index contributed by atoms with van der Waals surface area (Å²) < 4.78 is 0. The lowest BCUT2D eigenvalue weighted by Crippen LogP contribution is -2.42. The van der Waals surface area contributed by atoms with Gasteiger partial charge in [-0.25, -0.2) is 0 Å². The number of nitrogens with zero attached hydrogens (tertiary/aromatic N) is 1. The number of nitrogens with two attached hydrogens (primary N) is 1. The minimum absolute atomic E-state index is 0. The molecular weight excluding hydrogens is 254 g/mol. The normalized spacial score (nSPS) is 18.5. The van der Waals surface area contributed by atoms with E-state index in [1.54, 1.807) is 4.90 Å². The van der Waals surface area contributed by atoms with E-state index in [2.05, 4.69) is 5.32 Å². The van der Waals surface area contributed by atoms with Crippen LogP contribution in [0.3, 0.4) is 0 Å². The van der Waals surface area contributed by atoms with E-state index in [1.165, 1.54) is 0 Å². The van der Waals surface area contributed by atoms with Crippen LogP contribution in [-0.4, -0.2) is 42.4 Å². The van der Waals surface area contributed by atoms with Crippen molar-refractivity contribution in [3.8, 4) is 0 Å². The van der Waals surface area contributed by atoms with Gasteiger partial charge in [0.05, 0.1) is 6.54 Å². The minimum atomic E-state index is -0.449. The second-order valence-electron chi connectivity index (χ2n) is 4.98. The molecule has 1 atom stereocenters. The zero-order valence-corrected chi connectivity index (χ0v) is 12.0. The molecule has 0 aromatic heterocycles. The van der Waals surface area contributed by atoms with Crippen LogP contribution in [0.2, 0.25) is 0 Å². The summed E-state index contributed by atoms with van der Waals surface area (Å²) in [6.45, 7) is 5.88. The molecule has 0 aromatic carbocycles. The van der Waals surface area contributed by atoms with Gasteiger partial charge in [0.1, 0.15) is 0 Å². The van der Waals surface area contributed by atoms with Gasteiger partial charge in [-0.05, 0) is 45.7 Å². The molecule has 1 unspecified atom stereocenters. The highest BCUT2D eigenvalue weighted by Gasteiger charge is 2.21. The fourth-order valence-electron chi connectivity index (χ4n) is 2.16.